The molecule has 6 heteroatoms. The van der Waals surface area contributed by atoms with E-state index in [1.807, 2.05) is 31.3 Å². The number of aryl methyl sites for hydroxylation is 1. The number of nitrogens with one attached hydrogen (secondary N) is 1. The fraction of sp³-hybridized carbons (Fsp3) is 0.333. The smallest absolute Gasteiger partial charge is 0.341 e. The second-order valence-electron chi connectivity index (χ2n) is 4.58. The molecule has 2 aromatic rings. The Hall–Kier alpha value is -1.66. The largest absolute Gasteiger partial charge is 0.462 e. The molecule has 0 bridgehead atoms. The third-order valence-electron chi connectivity index (χ3n) is 3.09. The zero-order valence-corrected chi connectivity index (χ0v) is 13.7. The van der Waals surface area contributed by atoms with Crippen molar-refractivity contribution in [3.8, 4) is 0 Å². The van der Waals surface area contributed by atoms with Gasteiger partial charge in [-0.25, -0.2) is 4.79 Å². The molecule has 0 radical (unpaired) electrons. The Labute approximate surface area is 132 Å². The zero-order valence-electron chi connectivity index (χ0n) is 12.1. The fourth-order valence-electron chi connectivity index (χ4n) is 1.98. The number of benzene rings is 1. The van der Waals surface area contributed by atoms with Crippen LogP contribution in [-0.4, -0.2) is 22.4 Å². The maximum atomic E-state index is 11.8. The molecule has 21 heavy (non-hydrogen) atoms. The summed E-state index contributed by atoms with van der Waals surface area (Å²) in [5, 5.41) is 7.44. The van der Waals surface area contributed by atoms with Gasteiger partial charge in [0.15, 0.2) is 0 Å². The first kappa shape index (κ1) is 15.7. The molecule has 0 unspecified atom stereocenters. The maximum Gasteiger partial charge on any atom is 0.341 e. The molecule has 0 fully saturated rings. The second kappa shape index (κ2) is 7.38. The van der Waals surface area contributed by atoms with Crippen LogP contribution >= 0.6 is 15.9 Å². The number of carbonyl (C=O) groups is 1. The van der Waals surface area contributed by atoms with E-state index >= 15 is 0 Å². The van der Waals surface area contributed by atoms with Gasteiger partial charge in [0.1, 0.15) is 5.56 Å². The Balaban J connectivity index is 1.98. The van der Waals surface area contributed by atoms with Crippen molar-refractivity contribution >= 4 is 21.9 Å². The van der Waals surface area contributed by atoms with Gasteiger partial charge in [-0.2, -0.15) is 5.10 Å². The van der Waals surface area contributed by atoms with Gasteiger partial charge in [0.05, 0.1) is 18.5 Å². The molecule has 2 rings (SSSR count). The molecule has 0 saturated heterocycles. The number of hydrogen-bond acceptors (Lipinski definition) is 4. The van der Waals surface area contributed by atoms with Gasteiger partial charge >= 0.3 is 5.97 Å². The van der Waals surface area contributed by atoms with Crippen molar-refractivity contribution in [3.05, 3.63) is 51.8 Å². The quantitative estimate of drug-likeness (QED) is 0.812. The molecule has 0 spiro atoms. The molecular weight excluding hydrogens is 334 g/mol. The van der Waals surface area contributed by atoms with E-state index in [-0.39, 0.29) is 5.97 Å². The standard InChI is InChI=1S/C15H18BrN3O2/c1-3-21-15(20)13-9-18-19(2)14(13)10-17-8-11-4-6-12(16)7-5-11/h4-7,9,17H,3,8,10H2,1-2H3. The molecule has 0 atom stereocenters. The van der Waals surface area contributed by atoms with Crippen LogP contribution in [0.25, 0.3) is 0 Å². The molecule has 1 aromatic heterocycles. The summed E-state index contributed by atoms with van der Waals surface area (Å²) in [7, 11) is 1.82. The van der Waals surface area contributed by atoms with Gasteiger partial charge in [0.2, 0.25) is 0 Å². The number of esters is 1. The molecule has 0 aliphatic rings. The van der Waals surface area contributed by atoms with Crippen molar-refractivity contribution in [3.63, 3.8) is 0 Å². The number of halogens is 1. The van der Waals surface area contributed by atoms with Crippen LogP contribution in [0.4, 0.5) is 0 Å². The van der Waals surface area contributed by atoms with Gasteiger partial charge in [-0.1, -0.05) is 28.1 Å². The highest BCUT2D eigenvalue weighted by Gasteiger charge is 2.16. The van der Waals surface area contributed by atoms with Crippen molar-refractivity contribution < 1.29 is 9.53 Å². The lowest BCUT2D eigenvalue weighted by atomic mass is 10.2. The molecule has 5 nitrogen and oxygen atoms in total. The van der Waals surface area contributed by atoms with Crippen molar-refractivity contribution in [2.45, 2.75) is 20.0 Å². The molecule has 112 valence electrons. The summed E-state index contributed by atoms with van der Waals surface area (Å²) in [5.74, 6) is -0.328. The number of rotatable bonds is 6. The fourth-order valence-corrected chi connectivity index (χ4v) is 2.24. The number of hydrogen-bond donors (Lipinski definition) is 1. The van der Waals surface area contributed by atoms with Crippen LogP contribution in [0.15, 0.2) is 34.9 Å². The van der Waals surface area contributed by atoms with E-state index < -0.39 is 0 Å². The van der Waals surface area contributed by atoms with Crippen LogP contribution in [0.2, 0.25) is 0 Å². The predicted octanol–water partition coefficient (Wildman–Crippen LogP) is 2.65. The van der Waals surface area contributed by atoms with Crippen molar-refractivity contribution in [1.29, 1.82) is 0 Å². The SMILES string of the molecule is CCOC(=O)c1cnn(C)c1CNCc1ccc(Br)cc1. The van der Waals surface area contributed by atoms with Crippen molar-refractivity contribution in [2.75, 3.05) is 6.61 Å². The maximum absolute atomic E-state index is 11.8. The third-order valence-corrected chi connectivity index (χ3v) is 3.62. The minimum Gasteiger partial charge on any atom is -0.462 e. The predicted molar refractivity (Wildman–Crippen MR) is 83.9 cm³/mol. The molecule has 1 heterocycles. The zero-order chi connectivity index (χ0) is 15.2. The summed E-state index contributed by atoms with van der Waals surface area (Å²) in [6.45, 7) is 3.43. The van der Waals surface area contributed by atoms with Crippen LogP contribution in [-0.2, 0) is 24.9 Å². The van der Waals surface area contributed by atoms with Gasteiger partial charge in [-0.3, -0.25) is 4.68 Å². The summed E-state index contributed by atoms with van der Waals surface area (Å²) in [6, 6.07) is 8.11. The number of nitrogens with zero attached hydrogens (tertiary/aromatic N) is 2. The summed E-state index contributed by atoms with van der Waals surface area (Å²) >= 11 is 3.41. The third kappa shape index (κ3) is 4.15. The van der Waals surface area contributed by atoms with Gasteiger partial charge in [0.25, 0.3) is 0 Å². The van der Waals surface area contributed by atoms with E-state index in [0.29, 0.717) is 18.7 Å². The number of aromatic nitrogens is 2. The normalized spacial score (nSPS) is 10.6. The summed E-state index contributed by atoms with van der Waals surface area (Å²) in [4.78, 5) is 11.8. The summed E-state index contributed by atoms with van der Waals surface area (Å²) < 4.78 is 7.79. The Morgan fingerprint density at radius 2 is 2.05 bits per heavy atom. The first-order valence-corrected chi connectivity index (χ1v) is 7.54. The lowest BCUT2D eigenvalue weighted by molar-refractivity contribution is 0.0524. The molecule has 1 aromatic carbocycles. The van der Waals surface area contributed by atoms with Crippen molar-refractivity contribution in [2.24, 2.45) is 7.05 Å². The van der Waals surface area contributed by atoms with Crippen LogP contribution in [0.1, 0.15) is 28.5 Å². The first-order chi connectivity index (χ1) is 10.1. The minimum absolute atomic E-state index is 0.328. The molecule has 0 amide bonds. The van der Waals surface area contributed by atoms with Gasteiger partial charge in [-0.05, 0) is 24.6 Å². The van der Waals surface area contributed by atoms with E-state index in [4.69, 9.17) is 4.74 Å². The number of ether oxygens (including phenoxy) is 1. The molecular formula is C15H18BrN3O2. The van der Waals surface area contributed by atoms with Crippen LogP contribution in [0.3, 0.4) is 0 Å². The average molecular weight is 352 g/mol. The summed E-state index contributed by atoms with van der Waals surface area (Å²) in [6.07, 6.45) is 1.55. The Bertz CT molecular complexity index is 608. The number of carbonyl (C=O) groups excluding carboxylic acids is 1. The van der Waals surface area contributed by atoms with Gasteiger partial charge < -0.3 is 10.1 Å². The topological polar surface area (TPSA) is 56.1 Å². The van der Waals surface area contributed by atoms with E-state index in [1.54, 1.807) is 17.8 Å². The molecule has 0 aliphatic heterocycles. The van der Waals surface area contributed by atoms with Crippen LogP contribution < -0.4 is 5.32 Å². The summed E-state index contributed by atoms with van der Waals surface area (Å²) in [5.41, 5.74) is 2.52. The highest BCUT2D eigenvalue weighted by Crippen LogP contribution is 2.12. The lowest BCUT2D eigenvalue weighted by Crippen LogP contribution is -2.18. The monoisotopic (exact) mass is 351 g/mol. The van der Waals surface area contributed by atoms with Gasteiger partial charge in [0, 0.05) is 24.6 Å². The highest BCUT2D eigenvalue weighted by molar-refractivity contribution is 9.10. The van der Waals surface area contributed by atoms with Crippen LogP contribution in [0.5, 0.6) is 0 Å². The van der Waals surface area contributed by atoms with E-state index in [1.165, 1.54) is 5.56 Å². The van der Waals surface area contributed by atoms with Gasteiger partial charge in [-0.15, -0.1) is 0 Å². The average Bonchev–Trinajstić information content (AvgIpc) is 2.83. The molecule has 1 N–H and O–H groups in total. The minimum atomic E-state index is -0.328. The van der Waals surface area contributed by atoms with Crippen LogP contribution in [0, 0.1) is 0 Å². The Morgan fingerprint density at radius 3 is 2.71 bits per heavy atom. The Morgan fingerprint density at radius 1 is 1.33 bits per heavy atom. The molecule has 0 aliphatic carbocycles. The lowest BCUT2D eigenvalue weighted by Gasteiger charge is -2.08. The molecule has 0 saturated carbocycles. The first-order valence-electron chi connectivity index (χ1n) is 6.75. The Kier molecular flexibility index (Phi) is 5.52. The van der Waals surface area contributed by atoms with E-state index in [0.717, 1.165) is 16.7 Å². The van der Waals surface area contributed by atoms with Crippen molar-refractivity contribution in [1.82, 2.24) is 15.1 Å². The van der Waals surface area contributed by atoms with E-state index in [9.17, 15) is 4.79 Å². The van der Waals surface area contributed by atoms with E-state index in [2.05, 4.69) is 26.3 Å². The second-order valence-corrected chi connectivity index (χ2v) is 5.49. The highest BCUT2D eigenvalue weighted by atomic mass is 79.9.